The van der Waals surface area contributed by atoms with Gasteiger partial charge < -0.3 is 29.2 Å². The van der Waals surface area contributed by atoms with E-state index in [0.29, 0.717) is 17.9 Å². The van der Waals surface area contributed by atoms with Gasteiger partial charge in [0.2, 0.25) is 11.6 Å². The highest BCUT2D eigenvalue weighted by molar-refractivity contribution is 5.98. The number of hydrogen-bond donors (Lipinski definition) is 1. The minimum atomic E-state index is -1.50. The third-order valence-corrected chi connectivity index (χ3v) is 6.97. The number of nitrogens with zero attached hydrogens (tertiary/aromatic N) is 1. The lowest BCUT2D eigenvalue weighted by molar-refractivity contribution is -0.199. The molecule has 0 spiro atoms. The SMILES string of the molecule is COC1(NC(C)=O)CN(C(C(=O)OCc2ccccc2)c2ccc(OCc3ccccc3)cc2)C1=O.c1cc2cc(c1)O2. The zero-order valence-electron chi connectivity index (χ0n) is 23.9. The van der Waals surface area contributed by atoms with Gasteiger partial charge in [0, 0.05) is 20.1 Å². The molecule has 220 valence electrons. The van der Waals surface area contributed by atoms with Gasteiger partial charge in [0.05, 0.1) is 6.54 Å². The third-order valence-electron chi connectivity index (χ3n) is 6.97. The molecule has 9 heteroatoms. The highest BCUT2D eigenvalue weighted by Crippen LogP contribution is 2.35. The van der Waals surface area contributed by atoms with Gasteiger partial charge in [-0.1, -0.05) is 78.9 Å². The van der Waals surface area contributed by atoms with Gasteiger partial charge in [0.25, 0.3) is 5.91 Å². The van der Waals surface area contributed by atoms with Crippen molar-refractivity contribution < 1.29 is 33.3 Å². The molecule has 0 radical (unpaired) electrons. The van der Waals surface area contributed by atoms with Crippen LogP contribution in [0.2, 0.25) is 0 Å². The zero-order valence-corrected chi connectivity index (χ0v) is 23.9. The minimum absolute atomic E-state index is 0.000719. The van der Waals surface area contributed by atoms with E-state index in [0.717, 1.165) is 22.6 Å². The summed E-state index contributed by atoms with van der Waals surface area (Å²) >= 11 is 0. The van der Waals surface area contributed by atoms with Crippen molar-refractivity contribution in [2.45, 2.75) is 31.9 Å². The Kier molecular flexibility index (Phi) is 9.02. The fraction of sp³-hybridized carbons (Fsp3) is 0.206. The molecule has 0 aliphatic carbocycles. The van der Waals surface area contributed by atoms with Crippen molar-refractivity contribution in [2.24, 2.45) is 0 Å². The van der Waals surface area contributed by atoms with Crippen molar-refractivity contribution in [3.05, 3.63) is 126 Å². The number of esters is 1. The molecule has 0 aromatic heterocycles. The standard InChI is InChI=1S/C28H28N2O6.C6H4O/c1-20(31)29-28(34-2)19-30(27(28)33)25(26(32)36-18-22-11-7-4-8-12-22)23-13-15-24(16-14-23)35-17-21-9-5-3-6-10-21;1-2-5-4-6(3-1)7-5/h3-16,25H,17-19H2,1-2H3,(H,29,31);1-4H. The summed E-state index contributed by atoms with van der Waals surface area (Å²) in [4.78, 5) is 39.3. The maximum Gasteiger partial charge on any atom is 0.333 e. The molecule has 43 heavy (non-hydrogen) atoms. The van der Waals surface area contributed by atoms with Gasteiger partial charge in [0.15, 0.2) is 6.04 Å². The lowest BCUT2D eigenvalue weighted by atomic mass is 9.95. The normalized spacial score (nSPS) is 16.7. The Balaban J connectivity index is 0.000000454. The Bertz CT molecular complexity index is 1540. The van der Waals surface area contributed by atoms with Crippen molar-refractivity contribution >= 4 is 17.8 Å². The van der Waals surface area contributed by atoms with Crippen LogP contribution in [0.1, 0.15) is 29.7 Å². The first kappa shape index (κ1) is 29.3. The van der Waals surface area contributed by atoms with Crippen molar-refractivity contribution in [3.63, 3.8) is 0 Å². The zero-order chi connectivity index (χ0) is 30.2. The number of ether oxygens (including phenoxy) is 4. The summed E-state index contributed by atoms with van der Waals surface area (Å²) < 4.78 is 21.8. The minimum Gasteiger partial charge on any atom is -0.489 e. The van der Waals surface area contributed by atoms with Crippen LogP contribution >= 0.6 is 0 Å². The molecule has 1 N–H and O–H groups in total. The van der Waals surface area contributed by atoms with Gasteiger partial charge in [0.1, 0.15) is 30.5 Å². The van der Waals surface area contributed by atoms with Crippen LogP contribution in [0.4, 0.5) is 0 Å². The molecular formula is C34H32N2O7. The van der Waals surface area contributed by atoms with Crippen LogP contribution in [0.5, 0.6) is 17.2 Å². The van der Waals surface area contributed by atoms with Crippen molar-refractivity contribution in [1.82, 2.24) is 10.2 Å². The second-order valence-electron chi connectivity index (χ2n) is 10.1. The van der Waals surface area contributed by atoms with Gasteiger partial charge in [-0.25, -0.2) is 4.79 Å². The fourth-order valence-corrected chi connectivity index (χ4v) is 4.73. The number of benzene rings is 4. The summed E-state index contributed by atoms with van der Waals surface area (Å²) in [6.45, 7) is 1.77. The maximum absolute atomic E-state index is 13.2. The Morgan fingerprint density at radius 3 is 1.91 bits per heavy atom. The fourth-order valence-electron chi connectivity index (χ4n) is 4.73. The summed E-state index contributed by atoms with van der Waals surface area (Å²) in [5.41, 5.74) is 0.918. The van der Waals surface area contributed by atoms with Crippen LogP contribution in [-0.2, 0) is 37.1 Å². The van der Waals surface area contributed by atoms with E-state index >= 15 is 0 Å². The Hall–Kier alpha value is -5.15. The Labute approximate surface area is 249 Å². The molecule has 2 bridgehead atoms. The lowest BCUT2D eigenvalue weighted by Crippen LogP contribution is -2.75. The predicted octanol–water partition coefficient (Wildman–Crippen LogP) is 5.16. The molecule has 2 amide bonds. The first-order valence-electron chi connectivity index (χ1n) is 13.8. The van der Waals surface area contributed by atoms with Crippen LogP contribution in [0.3, 0.4) is 0 Å². The highest BCUT2D eigenvalue weighted by atomic mass is 16.5. The molecule has 3 heterocycles. The first-order valence-corrected chi connectivity index (χ1v) is 13.8. The molecular weight excluding hydrogens is 548 g/mol. The molecule has 1 saturated heterocycles. The van der Waals surface area contributed by atoms with Crippen LogP contribution in [0.25, 0.3) is 0 Å². The summed E-state index contributed by atoms with van der Waals surface area (Å²) in [6.07, 6.45) is 0. The van der Waals surface area contributed by atoms with E-state index in [-0.39, 0.29) is 13.2 Å². The van der Waals surface area contributed by atoms with Crippen LogP contribution < -0.4 is 14.8 Å². The van der Waals surface area contributed by atoms with Crippen molar-refractivity contribution in [1.29, 1.82) is 0 Å². The monoisotopic (exact) mass is 580 g/mol. The van der Waals surface area contributed by atoms with Gasteiger partial charge in [-0.3, -0.25) is 9.59 Å². The number of likely N-dealkylation sites (tertiary alicyclic amines) is 1. The number of β-lactam (4-membered cyclic amide) rings is 1. The molecule has 7 rings (SSSR count). The second kappa shape index (κ2) is 13.2. The number of hydrogen-bond acceptors (Lipinski definition) is 7. The quantitative estimate of drug-likeness (QED) is 0.138. The Morgan fingerprint density at radius 2 is 1.44 bits per heavy atom. The van der Waals surface area contributed by atoms with E-state index in [1.807, 2.05) is 84.9 Å². The predicted molar refractivity (Wildman–Crippen MR) is 158 cm³/mol. The average molecular weight is 581 g/mol. The van der Waals surface area contributed by atoms with Gasteiger partial charge in [-0.2, -0.15) is 0 Å². The second-order valence-corrected chi connectivity index (χ2v) is 10.1. The van der Waals surface area contributed by atoms with Crippen molar-refractivity contribution in [2.75, 3.05) is 13.7 Å². The number of rotatable bonds is 10. The molecule has 4 aromatic rings. The number of fused-ring (bicyclic) bond motifs is 2. The lowest BCUT2D eigenvalue weighted by Gasteiger charge is -2.49. The van der Waals surface area contributed by atoms with Crippen LogP contribution in [-0.4, -0.2) is 42.1 Å². The van der Waals surface area contributed by atoms with Gasteiger partial charge in [-0.05, 0) is 41.0 Å². The van der Waals surface area contributed by atoms with E-state index < -0.39 is 29.6 Å². The Morgan fingerprint density at radius 1 is 0.860 bits per heavy atom. The third kappa shape index (κ3) is 7.02. The largest absolute Gasteiger partial charge is 0.489 e. The van der Waals surface area contributed by atoms with E-state index in [9.17, 15) is 14.4 Å². The highest BCUT2D eigenvalue weighted by Gasteiger charge is 2.57. The maximum atomic E-state index is 13.2. The molecule has 2 unspecified atom stereocenters. The van der Waals surface area contributed by atoms with Gasteiger partial charge in [-0.15, -0.1) is 0 Å². The van der Waals surface area contributed by atoms with Gasteiger partial charge >= 0.3 is 5.97 Å². The van der Waals surface area contributed by atoms with E-state index in [1.165, 1.54) is 18.9 Å². The summed E-state index contributed by atoms with van der Waals surface area (Å²) in [5.74, 6) is 1.07. The molecule has 2 atom stereocenters. The summed E-state index contributed by atoms with van der Waals surface area (Å²) in [5, 5.41) is 2.54. The topological polar surface area (TPSA) is 103 Å². The van der Waals surface area contributed by atoms with Crippen LogP contribution in [0, 0.1) is 0 Å². The summed E-state index contributed by atoms with van der Waals surface area (Å²) in [6, 6.07) is 32.9. The average Bonchev–Trinajstić information content (AvgIpc) is 3.03. The summed E-state index contributed by atoms with van der Waals surface area (Å²) in [7, 11) is 1.34. The molecule has 0 saturated carbocycles. The number of methoxy groups -OCH3 is 1. The van der Waals surface area contributed by atoms with E-state index in [2.05, 4.69) is 5.32 Å². The molecule has 9 nitrogen and oxygen atoms in total. The molecule has 4 aromatic carbocycles. The number of carbonyl (C=O) groups is 3. The van der Waals surface area contributed by atoms with Crippen molar-refractivity contribution in [3.8, 4) is 17.2 Å². The van der Waals surface area contributed by atoms with Crippen LogP contribution in [0.15, 0.2) is 109 Å². The first-order chi connectivity index (χ1) is 20.9. The number of nitrogens with one attached hydrogen (secondary N) is 1. The smallest absolute Gasteiger partial charge is 0.333 e. The van der Waals surface area contributed by atoms with E-state index in [1.54, 1.807) is 24.3 Å². The number of carbonyl (C=O) groups excluding carboxylic acids is 3. The van der Waals surface area contributed by atoms with E-state index in [4.69, 9.17) is 18.9 Å². The molecule has 3 aliphatic rings. The molecule has 3 aliphatic heterocycles. The molecule has 1 fully saturated rings. The number of amides is 2.